The number of para-hydroxylation sites is 1. The maximum absolute atomic E-state index is 12.9. The highest BCUT2D eigenvalue weighted by Gasteiger charge is 2.27. The van der Waals surface area contributed by atoms with Gasteiger partial charge in [-0.05, 0) is 43.7 Å². The normalized spacial score (nSPS) is 18.2. The van der Waals surface area contributed by atoms with Gasteiger partial charge in [-0.25, -0.2) is 0 Å². The number of nitrogens with one attached hydrogen (secondary N) is 2. The first-order valence-electron chi connectivity index (χ1n) is 8.43. The Hall–Kier alpha value is -2.63. The van der Waals surface area contributed by atoms with Crippen LogP contribution in [0.3, 0.4) is 0 Å². The van der Waals surface area contributed by atoms with Crippen LogP contribution in [0, 0.1) is 12.8 Å². The third kappa shape index (κ3) is 2.68. The maximum Gasteiger partial charge on any atom is 0.275 e. The van der Waals surface area contributed by atoms with Gasteiger partial charge in [-0.15, -0.1) is 0 Å². The number of fused-ring (bicyclic) bond motifs is 1. The summed E-state index contributed by atoms with van der Waals surface area (Å²) in [5.41, 5.74) is 3.81. The summed E-state index contributed by atoms with van der Waals surface area (Å²) in [6, 6.07) is 7.77. The fourth-order valence-corrected chi connectivity index (χ4v) is 3.56. The molecule has 0 bridgehead atoms. The van der Waals surface area contributed by atoms with Crippen LogP contribution in [0.4, 0.5) is 0 Å². The Kier molecular flexibility index (Phi) is 3.80. The zero-order valence-corrected chi connectivity index (χ0v) is 13.7. The zero-order chi connectivity index (χ0) is 16.5. The molecule has 1 amide bonds. The maximum atomic E-state index is 12.9. The van der Waals surface area contributed by atoms with Crippen LogP contribution >= 0.6 is 0 Å². The van der Waals surface area contributed by atoms with Gasteiger partial charge in [0.05, 0.1) is 11.7 Å². The van der Waals surface area contributed by atoms with E-state index in [2.05, 4.69) is 27.3 Å². The summed E-state index contributed by atoms with van der Waals surface area (Å²) in [6.07, 6.45) is 4.98. The third-order valence-electron chi connectivity index (χ3n) is 4.91. The number of likely N-dealkylation sites (tertiary alicyclic amines) is 1. The molecule has 1 aliphatic heterocycles. The molecule has 0 unspecified atom stereocenters. The van der Waals surface area contributed by atoms with Crippen LogP contribution < -0.4 is 0 Å². The van der Waals surface area contributed by atoms with Crippen molar-refractivity contribution in [3.05, 3.63) is 47.4 Å². The van der Waals surface area contributed by atoms with Crippen LogP contribution in [0.15, 0.2) is 30.5 Å². The number of carbonyl (C=O) groups excluding carboxylic acids is 1. The van der Waals surface area contributed by atoms with Crippen molar-refractivity contribution < 1.29 is 4.79 Å². The summed E-state index contributed by atoms with van der Waals surface area (Å²) in [4.78, 5) is 14.9. The number of aromatic nitrogens is 4. The zero-order valence-electron chi connectivity index (χ0n) is 13.7. The number of aryl methyl sites for hydroxylation is 1. The molecule has 3 aromatic rings. The molecule has 3 heterocycles. The van der Waals surface area contributed by atoms with Crippen LogP contribution in [0.2, 0.25) is 0 Å². The van der Waals surface area contributed by atoms with Crippen molar-refractivity contribution in [2.45, 2.75) is 26.2 Å². The minimum atomic E-state index is 0.0264. The number of hydrogen-bond donors (Lipinski definition) is 2. The summed E-state index contributed by atoms with van der Waals surface area (Å²) >= 11 is 0. The van der Waals surface area contributed by atoms with Gasteiger partial charge in [0.2, 0.25) is 0 Å². The van der Waals surface area contributed by atoms with Crippen LogP contribution in [0.5, 0.6) is 0 Å². The van der Waals surface area contributed by atoms with Crippen LogP contribution in [-0.4, -0.2) is 44.3 Å². The largest absolute Gasteiger partial charge is 0.337 e. The van der Waals surface area contributed by atoms with Crippen LogP contribution in [0.25, 0.3) is 10.9 Å². The molecular weight excluding hydrogens is 302 g/mol. The van der Waals surface area contributed by atoms with E-state index in [0.29, 0.717) is 11.6 Å². The molecule has 1 atom stereocenters. The first-order valence-corrected chi connectivity index (χ1v) is 8.43. The quantitative estimate of drug-likeness (QED) is 0.778. The molecule has 0 radical (unpaired) electrons. The molecule has 1 saturated heterocycles. The fraction of sp³-hybridized carbons (Fsp3) is 0.389. The molecule has 0 saturated carbocycles. The van der Waals surface area contributed by atoms with E-state index < -0.39 is 0 Å². The van der Waals surface area contributed by atoms with Gasteiger partial charge < -0.3 is 4.90 Å². The molecule has 1 fully saturated rings. The highest BCUT2D eigenvalue weighted by Crippen LogP contribution is 2.24. The molecule has 2 aromatic heterocycles. The lowest BCUT2D eigenvalue weighted by Crippen LogP contribution is -2.40. The lowest BCUT2D eigenvalue weighted by Gasteiger charge is -2.32. The summed E-state index contributed by atoms with van der Waals surface area (Å²) < 4.78 is 0. The summed E-state index contributed by atoms with van der Waals surface area (Å²) in [7, 11) is 0. The van der Waals surface area contributed by atoms with Gasteiger partial charge in [-0.2, -0.15) is 10.2 Å². The average Bonchev–Trinajstić information content (AvgIpc) is 3.21. The Labute approximate surface area is 140 Å². The van der Waals surface area contributed by atoms with Crippen molar-refractivity contribution in [1.82, 2.24) is 25.3 Å². The van der Waals surface area contributed by atoms with E-state index in [1.165, 1.54) is 11.3 Å². The molecule has 0 spiro atoms. The van der Waals surface area contributed by atoms with E-state index in [9.17, 15) is 4.79 Å². The topological polar surface area (TPSA) is 77.7 Å². The lowest BCUT2D eigenvalue weighted by molar-refractivity contribution is 0.0668. The second-order valence-electron chi connectivity index (χ2n) is 6.61. The summed E-state index contributed by atoms with van der Waals surface area (Å²) in [6.45, 7) is 3.65. The first-order chi connectivity index (χ1) is 11.7. The molecule has 4 rings (SSSR count). The molecule has 24 heavy (non-hydrogen) atoms. The molecule has 1 aliphatic rings. The number of aromatic amines is 2. The number of H-pyrrole nitrogens is 2. The number of nitrogens with zero attached hydrogens (tertiary/aromatic N) is 3. The first kappa shape index (κ1) is 14.9. The van der Waals surface area contributed by atoms with Crippen molar-refractivity contribution >= 4 is 16.8 Å². The van der Waals surface area contributed by atoms with E-state index in [-0.39, 0.29) is 5.91 Å². The minimum Gasteiger partial charge on any atom is -0.337 e. The standard InChI is InChI=1S/C18H21N5O/c1-12-10-19-20-16(12)9-13-5-4-8-23(11-13)18(24)17-14-6-2-3-7-15(14)21-22-17/h2-3,6-7,10,13H,4-5,8-9,11H2,1H3,(H,19,20)(H,21,22)/t13-/m1/s1. The Balaban J connectivity index is 1.51. The molecule has 1 aromatic carbocycles. The van der Waals surface area contributed by atoms with Gasteiger partial charge in [-0.1, -0.05) is 18.2 Å². The SMILES string of the molecule is Cc1cn[nH]c1C[C@H]1CCCN(C(=O)c2n[nH]c3ccccc23)C1. The molecule has 0 aliphatic carbocycles. The van der Waals surface area contributed by atoms with E-state index in [1.54, 1.807) is 0 Å². The van der Waals surface area contributed by atoms with Crippen molar-refractivity contribution in [2.24, 2.45) is 5.92 Å². The molecule has 6 heteroatoms. The number of carbonyl (C=O) groups is 1. The molecule has 2 N–H and O–H groups in total. The predicted octanol–water partition coefficient (Wildman–Crippen LogP) is 2.69. The minimum absolute atomic E-state index is 0.0264. The second kappa shape index (κ2) is 6.11. The number of rotatable bonds is 3. The molecule has 6 nitrogen and oxygen atoms in total. The van der Waals surface area contributed by atoms with Crippen molar-refractivity contribution in [3.63, 3.8) is 0 Å². The van der Waals surface area contributed by atoms with E-state index in [1.807, 2.05) is 35.4 Å². The van der Waals surface area contributed by atoms with Gasteiger partial charge in [0.15, 0.2) is 5.69 Å². The Morgan fingerprint density at radius 2 is 2.21 bits per heavy atom. The van der Waals surface area contributed by atoms with E-state index in [4.69, 9.17) is 0 Å². The molecular formula is C18H21N5O. The van der Waals surface area contributed by atoms with Gasteiger partial charge in [0, 0.05) is 24.2 Å². The monoisotopic (exact) mass is 323 g/mol. The van der Waals surface area contributed by atoms with Crippen molar-refractivity contribution in [2.75, 3.05) is 13.1 Å². The summed E-state index contributed by atoms with van der Waals surface area (Å²) in [5.74, 6) is 0.491. The lowest BCUT2D eigenvalue weighted by atomic mass is 9.92. The van der Waals surface area contributed by atoms with Crippen molar-refractivity contribution in [3.8, 4) is 0 Å². The predicted molar refractivity (Wildman–Crippen MR) is 91.7 cm³/mol. The van der Waals surface area contributed by atoms with Gasteiger partial charge in [-0.3, -0.25) is 15.0 Å². The molecule has 124 valence electrons. The second-order valence-corrected chi connectivity index (χ2v) is 6.61. The number of benzene rings is 1. The Morgan fingerprint density at radius 3 is 3.04 bits per heavy atom. The Morgan fingerprint density at radius 1 is 1.33 bits per heavy atom. The van der Waals surface area contributed by atoms with E-state index in [0.717, 1.165) is 43.3 Å². The number of hydrogen-bond acceptors (Lipinski definition) is 3. The van der Waals surface area contributed by atoms with Gasteiger partial charge in [0.25, 0.3) is 5.91 Å². The summed E-state index contributed by atoms with van der Waals surface area (Å²) in [5, 5.41) is 15.3. The Bertz CT molecular complexity index is 865. The van der Waals surface area contributed by atoms with Crippen LogP contribution in [-0.2, 0) is 6.42 Å². The van der Waals surface area contributed by atoms with Crippen LogP contribution in [0.1, 0.15) is 34.6 Å². The van der Waals surface area contributed by atoms with Gasteiger partial charge >= 0.3 is 0 Å². The van der Waals surface area contributed by atoms with E-state index >= 15 is 0 Å². The van der Waals surface area contributed by atoms with Gasteiger partial charge in [0.1, 0.15) is 0 Å². The number of piperidine rings is 1. The third-order valence-corrected chi connectivity index (χ3v) is 4.91. The smallest absolute Gasteiger partial charge is 0.275 e. The fourth-order valence-electron chi connectivity index (χ4n) is 3.56. The highest BCUT2D eigenvalue weighted by molar-refractivity contribution is 6.04. The number of amides is 1. The van der Waals surface area contributed by atoms with Crippen molar-refractivity contribution in [1.29, 1.82) is 0 Å². The highest BCUT2D eigenvalue weighted by atomic mass is 16.2. The average molecular weight is 323 g/mol.